The fraction of sp³-hybridized carbons (Fsp3) is 0.462. The van der Waals surface area contributed by atoms with Gasteiger partial charge in [0.05, 0.1) is 22.7 Å². The highest BCUT2D eigenvalue weighted by Gasteiger charge is 2.16. The van der Waals surface area contributed by atoms with Crippen LogP contribution in [0.2, 0.25) is 0 Å². The Hall–Kier alpha value is -1.18. The monoisotopic (exact) mass is 333 g/mol. The van der Waals surface area contributed by atoms with Crippen LogP contribution in [0.1, 0.15) is 23.7 Å². The van der Waals surface area contributed by atoms with E-state index in [1.807, 2.05) is 4.57 Å². The molecule has 8 heteroatoms. The average molecular weight is 334 g/mol. The van der Waals surface area contributed by atoms with Gasteiger partial charge in [0.2, 0.25) is 10.0 Å². The molecule has 1 aromatic carbocycles. The molecule has 0 amide bonds. The highest BCUT2D eigenvalue weighted by molar-refractivity contribution is 7.88. The zero-order chi connectivity index (χ0) is 15.8. The number of sulfonamides is 1. The van der Waals surface area contributed by atoms with Gasteiger partial charge in [-0.25, -0.2) is 22.5 Å². The summed E-state index contributed by atoms with van der Waals surface area (Å²) in [5, 5.41) is -0.362. The fourth-order valence-electron chi connectivity index (χ4n) is 2.15. The number of benzene rings is 1. The molecule has 2 rings (SSSR count). The molecular weight excluding hydrogens is 317 g/mol. The molecule has 0 aliphatic carbocycles. The van der Waals surface area contributed by atoms with Crippen LogP contribution in [0.15, 0.2) is 12.1 Å². The molecule has 1 unspecified atom stereocenters. The third-order valence-electron chi connectivity index (χ3n) is 3.11. The maximum atomic E-state index is 13.6. The Labute approximate surface area is 128 Å². The predicted molar refractivity (Wildman–Crippen MR) is 81.5 cm³/mol. The van der Waals surface area contributed by atoms with Gasteiger partial charge in [0.15, 0.2) is 0 Å². The second-order valence-corrected chi connectivity index (χ2v) is 7.48. The summed E-state index contributed by atoms with van der Waals surface area (Å²) < 4.78 is 40.1. The molecule has 0 radical (unpaired) electrons. The highest BCUT2D eigenvalue weighted by atomic mass is 35.5. The molecule has 2 aromatic rings. The topological polar surface area (TPSA) is 64.0 Å². The summed E-state index contributed by atoms with van der Waals surface area (Å²) in [5.41, 5.74) is 1.76. The molecule has 0 aliphatic rings. The number of hydrogen-bond acceptors (Lipinski definition) is 3. The van der Waals surface area contributed by atoms with Crippen molar-refractivity contribution in [2.24, 2.45) is 0 Å². The quantitative estimate of drug-likeness (QED) is 0.854. The van der Waals surface area contributed by atoms with E-state index in [2.05, 4.69) is 9.71 Å². The van der Waals surface area contributed by atoms with E-state index in [0.29, 0.717) is 23.4 Å². The van der Waals surface area contributed by atoms with Gasteiger partial charge < -0.3 is 4.57 Å². The van der Waals surface area contributed by atoms with Gasteiger partial charge >= 0.3 is 0 Å². The molecule has 0 aliphatic heterocycles. The van der Waals surface area contributed by atoms with E-state index in [1.54, 1.807) is 19.9 Å². The first-order valence-corrected chi connectivity index (χ1v) is 8.77. The minimum atomic E-state index is -3.26. The first kappa shape index (κ1) is 16.2. The minimum absolute atomic E-state index is 0.220. The number of fused-ring (bicyclic) bond motifs is 1. The molecule has 0 spiro atoms. The minimum Gasteiger partial charge on any atom is -0.325 e. The van der Waals surface area contributed by atoms with Crippen molar-refractivity contribution in [3.8, 4) is 0 Å². The lowest BCUT2D eigenvalue weighted by molar-refractivity contribution is 0.577. The Kier molecular flexibility index (Phi) is 4.55. The fourth-order valence-corrected chi connectivity index (χ4v) is 2.78. The first-order chi connectivity index (χ1) is 9.69. The van der Waals surface area contributed by atoms with E-state index in [9.17, 15) is 12.8 Å². The van der Waals surface area contributed by atoms with Gasteiger partial charge in [-0.3, -0.25) is 0 Å². The van der Waals surface area contributed by atoms with Gasteiger partial charge in [0.25, 0.3) is 0 Å². The smallest absolute Gasteiger partial charge is 0.208 e. The summed E-state index contributed by atoms with van der Waals surface area (Å²) in [4.78, 5) is 4.34. The zero-order valence-electron chi connectivity index (χ0n) is 12.0. The summed E-state index contributed by atoms with van der Waals surface area (Å²) in [6.45, 7) is 4.04. The van der Waals surface area contributed by atoms with Crippen molar-refractivity contribution in [1.29, 1.82) is 0 Å². The zero-order valence-corrected chi connectivity index (χ0v) is 13.6. The van der Waals surface area contributed by atoms with Gasteiger partial charge in [0, 0.05) is 19.2 Å². The van der Waals surface area contributed by atoms with Crippen molar-refractivity contribution in [1.82, 2.24) is 14.3 Å². The van der Waals surface area contributed by atoms with Crippen LogP contribution in [0.3, 0.4) is 0 Å². The number of hydrogen-bond donors (Lipinski definition) is 1. The number of nitrogens with one attached hydrogen (secondary N) is 1. The molecule has 1 heterocycles. The normalized spacial score (nSPS) is 13.8. The molecular formula is C13H17ClFN3O2S. The van der Waals surface area contributed by atoms with Crippen LogP contribution in [-0.2, 0) is 16.6 Å². The molecule has 21 heavy (non-hydrogen) atoms. The van der Waals surface area contributed by atoms with E-state index in [4.69, 9.17) is 11.6 Å². The van der Waals surface area contributed by atoms with E-state index in [0.717, 1.165) is 11.8 Å². The van der Waals surface area contributed by atoms with Crippen LogP contribution in [0.4, 0.5) is 4.39 Å². The Morgan fingerprint density at radius 3 is 2.71 bits per heavy atom. The highest BCUT2D eigenvalue weighted by Crippen LogP contribution is 2.26. The van der Waals surface area contributed by atoms with Gasteiger partial charge in [-0.15, -0.1) is 11.6 Å². The standard InChI is InChI=1S/C13H17ClFN3O2S/c1-8-6-12-11(7-10(8)15)17-13(9(2)14)18(12)5-4-16-21(3,19)20/h6-7,9,16H,4-5H2,1-3H3. The van der Waals surface area contributed by atoms with E-state index in [-0.39, 0.29) is 17.7 Å². The van der Waals surface area contributed by atoms with E-state index >= 15 is 0 Å². The van der Waals surface area contributed by atoms with Crippen LogP contribution >= 0.6 is 11.6 Å². The average Bonchev–Trinajstić information content (AvgIpc) is 2.67. The Balaban J connectivity index is 2.43. The number of rotatable bonds is 5. The largest absolute Gasteiger partial charge is 0.325 e. The Bertz CT molecular complexity index is 771. The third-order valence-corrected chi connectivity index (χ3v) is 4.04. The Morgan fingerprint density at radius 1 is 1.48 bits per heavy atom. The Morgan fingerprint density at radius 2 is 2.14 bits per heavy atom. The van der Waals surface area contributed by atoms with Crippen molar-refractivity contribution in [2.75, 3.05) is 12.8 Å². The molecule has 0 fully saturated rings. The van der Waals surface area contributed by atoms with Gasteiger partial charge in [-0.05, 0) is 25.5 Å². The molecule has 1 aromatic heterocycles. The number of nitrogens with zero attached hydrogens (tertiary/aromatic N) is 2. The third kappa shape index (κ3) is 3.72. The van der Waals surface area contributed by atoms with E-state index in [1.165, 1.54) is 6.07 Å². The van der Waals surface area contributed by atoms with Crippen molar-refractivity contribution in [3.05, 3.63) is 29.3 Å². The van der Waals surface area contributed by atoms with Crippen LogP contribution < -0.4 is 4.72 Å². The first-order valence-electron chi connectivity index (χ1n) is 6.44. The van der Waals surface area contributed by atoms with Gasteiger partial charge in [0.1, 0.15) is 11.6 Å². The number of alkyl halides is 1. The van der Waals surface area contributed by atoms with Crippen molar-refractivity contribution in [2.45, 2.75) is 25.8 Å². The number of halogens is 2. The van der Waals surface area contributed by atoms with E-state index < -0.39 is 10.0 Å². The molecule has 116 valence electrons. The summed E-state index contributed by atoms with van der Waals surface area (Å²) in [7, 11) is -3.26. The maximum Gasteiger partial charge on any atom is 0.208 e. The van der Waals surface area contributed by atoms with Crippen molar-refractivity contribution in [3.63, 3.8) is 0 Å². The predicted octanol–water partition coefficient (Wildman–Crippen LogP) is 2.33. The summed E-state index contributed by atoms with van der Waals surface area (Å²) >= 11 is 6.11. The number of aromatic nitrogens is 2. The lowest BCUT2D eigenvalue weighted by Gasteiger charge is -2.11. The van der Waals surface area contributed by atoms with Crippen LogP contribution in [0, 0.1) is 12.7 Å². The summed E-state index contributed by atoms with van der Waals surface area (Å²) in [5.74, 6) is 0.266. The second-order valence-electron chi connectivity index (χ2n) is 4.99. The van der Waals surface area contributed by atoms with Crippen molar-refractivity contribution < 1.29 is 12.8 Å². The van der Waals surface area contributed by atoms with Crippen molar-refractivity contribution >= 4 is 32.7 Å². The van der Waals surface area contributed by atoms with Crippen LogP contribution in [0.25, 0.3) is 11.0 Å². The maximum absolute atomic E-state index is 13.6. The number of imidazole rings is 1. The summed E-state index contributed by atoms with van der Waals surface area (Å²) in [6.07, 6.45) is 1.10. The summed E-state index contributed by atoms with van der Waals surface area (Å²) in [6, 6.07) is 3.06. The van der Waals surface area contributed by atoms with Gasteiger partial charge in [-0.1, -0.05) is 0 Å². The van der Waals surface area contributed by atoms with Crippen LogP contribution in [0.5, 0.6) is 0 Å². The lowest BCUT2D eigenvalue weighted by Crippen LogP contribution is -2.26. The molecule has 0 saturated heterocycles. The second kappa shape index (κ2) is 5.90. The molecule has 1 N–H and O–H groups in total. The van der Waals surface area contributed by atoms with Crippen LogP contribution in [-0.4, -0.2) is 30.8 Å². The molecule has 5 nitrogen and oxygen atoms in total. The SMILES string of the molecule is Cc1cc2c(cc1F)nc(C(C)Cl)n2CCNS(C)(=O)=O. The lowest BCUT2D eigenvalue weighted by atomic mass is 10.2. The van der Waals surface area contributed by atoms with Gasteiger partial charge in [-0.2, -0.15) is 0 Å². The number of aryl methyl sites for hydroxylation is 1. The molecule has 0 saturated carbocycles. The molecule has 1 atom stereocenters. The molecule has 0 bridgehead atoms.